The molecule has 0 aromatic heterocycles. The Kier molecular flexibility index (Phi) is 7.70. The molecule has 0 N–H and O–H groups in total. The Labute approximate surface area is 175 Å². The van der Waals surface area contributed by atoms with Crippen molar-refractivity contribution in [2.24, 2.45) is 0 Å². The predicted octanol–water partition coefficient (Wildman–Crippen LogP) is 4.49. The minimum absolute atomic E-state index is 0.268. The smallest absolute Gasteiger partial charge is 0.222 e. The second kappa shape index (κ2) is 10.4. The summed E-state index contributed by atoms with van der Waals surface area (Å²) in [7, 11) is 1.67. The largest absolute Gasteiger partial charge is 0.497 e. The second-order valence-electron chi connectivity index (χ2n) is 8.25. The van der Waals surface area contributed by atoms with Crippen LogP contribution >= 0.6 is 0 Å². The van der Waals surface area contributed by atoms with E-state index in [0.29, 0.717) is 12.3 Å². The maximum atomic E-state index is 12.7. The second-order valence-corrected chi connectivity index (χ2v) is 8.25. The molecule has 0 saturated carbocycles. The van der Waals surface area contributed by atoms with Gasteiger partial charge in [0.2, 0.25) is 5.91 Å². The molecule has 0 bridgehead atoms. The minimum atomic E-state index is 0.268. The molecule has 0 spiro atoms. The van der Waals surface area contributed by atoms with Crippen LogP contribution in [0.5, 0.6) is 5.75 Å². The molecule has 4 heteroatoms. The number of carbonyl (C=O) groups excluding carboxylic acids is 1. The molecule has 29 heavy (non-hydrogen) atoms. The first kappa shape index (κ1) is 21.4. The molecule has 0 radical (unpaired) electrons. The number of hydrogen-bond acceptors (Lipinski definition) is 3. The van der Waals surface area contributed by atoms with Crippen molar-refractivity contribution in [1.29, 1.82) is 0 Å². The zero-order chi connectivity index (χ0) is 20.6. The van der Waals surface area contributed by atoms with Crippen molar-refractivity contribution in [2.75, 3.05) is 33.3 Å². The lowest BCUT2D eigenvalue weighted by molar-refractivity contribution is -0.131. The number of methoxy groups -OCH3 is 1. The van der Waals surface area contributed by atoms with Crippen LogP contribution < -0.4 is 4.74 Å². The van der Waals surface area contributed by atoms with Crippen LogP contribution in [-0.2, 0) is 17.8 Å². The molecule has 1 saturated heterocycles. The van der Waals surface area contributed by atoms with Gasteiger partial charge in [-0.25, -0.2) is 0 Å². The van der Waals surface area contributed by atoms with E-state index < -0.39 is 0 Å². The van der Waals surface area contributed by atoms with Crippen LogP contribution in [0.15, 0.2) is 48.5 Å². The van der Waals surface area contributed by atoms with Gasteiger partial charge in [0.25, 0.3) is 0 Å². The maximum absolute atomic E-state index is 12.7. The van der Waals surface area contributed by atoms with Crippen LogP contribution in [0, 0.1) is 0 Å². The molecular weight excluding hydrogens is 360 g/mol. The third-order valence-corrected chi connectivity index (χ3v) is 5.78. The highest BCUT2D eigenvalue weighted by molar-refractivity contribution is 5.76. The number of benzene rings is 2. The quantitative estimate of drug-likeness (QED) is 0.694. The summed E-state index contributed by atoms with van der Waals surface area (Å²) in [4.78, 5) is 17.2. The molecule has 1 fully saturated rings. The van der Waals surface area contributed by atoms with E-state index in [9.17, 15) is 4.79 Å². The average Bonchev–Trinajstić information content (AvgIpc) is 2.98. The minimum Gasteiger partial charge on any atom is -0.497 e. The van der Waals surface area contributed by atoms with Gasteiger partial charge in [-0.2, -0.15) is 0 Å². The summed E-state index contributed by atoms with van der Waals surface area (Å²) in [5.74, 6) is 1.69. The van der Waals surface area contributed by atoms with Crippen molar-refractivity contribution in [3.8, 4) is 5.75 Å². The molecule has 1 heterocycles. The molecule has 156 valence electrons. The number of aryl methyl sites for hydroxylation is 1. The molecular formula is C25H34N2O2. The molecule has 1 aliphatic heterocycles. The fraction of sp³-hybridized carbons (Fsp3) is 0.480. The summed E-state index contributed by atoms with van der Waals surface area (Å²) in [5.41, 5.74) is 3.92. The number of amides is 1. The number of rotatable bonds is 7. The normalized spacial score (nSPS) is 15.4. The first-order valence-electron chi connectivity index (χ1n) is 10.8. The molecule has 2 aromatic rings. The SMILES string of the molecule is COc1ccc(CCC(=O)N2CCCN(Cc3ccc(C(C)C)cc3)CC2)cc1. The van der Waals surface area contributed by atoms with Crippen LogP contribution in [0.3, 0.4) is 0 Å². The van der Waals surface area contributed by atoms with Gasteiger partial charge in [0, 0.05) is 39.1 Å². The summed E-state index contributed by atoms with van der Waals surface area (Å²) in [5, 5.41) is 0. The lowest BCUT2D eigenvalue weighted by Gasteiger charge is -2.22. The standard InChI is InChI=1S/C25H34N2O2/c1-20(2)23-10-5-22(6-11-23)19-26-15-4-16-27(18-17-26)25(28)14-9-21-7-12-24(29-3)13-8-21/h5-8,10-13,20H,4,9,14-19H2,1-3H3. The van der Waals surface area contributed by atoms with E-state index in [1.165, 1.54) is 16.7 Å². The number of carbonyl (C=O) groups is 1. The van der Waals surface area contributed by atoms with E-state index in [4.69, 9.17) is 4.74 Å². The lowest BCUT2D eigenvalue weighted by Crippen LogP contribution is -2.35. The average molecular weight is 395 g/mol. The van der Waals surface area contributed by atoms with Crippen molar-refractivity contribution in [1.82, 2.24) is 9.80 Å². The summed E-state index contributed by atoms with van der Waals surface area (Å²) in [6, 6.07) is 17.0. The predicted molar refractivity (Wildman–Crippen MR) is 118 cm³/mol. The highest BCUT2D eigenvalue weighted by Gasteiger charge is 2.19. The Hall–Kier alpha value is -2.33. The van der Waals surface area contributed by atoms with E-state index in [-0.39, 0.29) is 5.91 Å². The van der Waals surface area contributed by atoms with Crippen molar-refractivity contribution in [2.45, 2.75) is 45.6 Å². The molecule has 1 aliphatic rings. The third kappa shape index (κ3) is 6.33. The zero-order valence-corrected chi connectivity index (χ0v) is 18.1. The maximum Gasteiger partial charge on any atom is 0.222 e. The van der Waals surface area contributed by atoms with Gasteiger partial charge in [0.05, 0.1) is 7.11 Å². The monoisotopic (exact) mass is 394 g/mol. The van der Waals surface area contributed by atoms with Gasteiger partial charge >= 0.3 is 0 Å². The van der Waals surface area contributed by atoms with Crippen LogP contribution in [0.1, 0.15) is 49.3 Å². The highest BCUT2D eigenvalue weighted by Crippen LogP contribution is 2.17. The van der Waals surface area contributed by atoms with Crippen molar-refractivity contribution in [3.63, 3.8) is 0 Å². The van der Waals surface area contributed by atoms with Crippen molar-refractivity contribution < 1.29 is 9.53 Å². The fourth-order valence-corrected chi connectivity index (χ4v) is 3.85. The lowest BCUT2D eigenvalue weighted by atomic mass is 10.0. The van der Waals surface area contributed by atoms with E-state index in [2.05, 4.69) is 43.0 Å². The summed E-state index contributed by atoms with van der Waals surface area (Å²) in [6.45, 7) is 9.10. The zero-order valence-electron chi connectivity index (χ0n) is 18.1. The third-order valence-electron chi connectivity index (χ3n) is 5.78. The first-order valence-corrected chi connectivity index (χ1v) is 10.8. The van der Waals surface area contributed by atoms with Gasteiger partial charge in [0.15, 0.2) is 0 Å². The van der Waals surface area contributed by atoms with E-state index in [0.717, 1.165) is 51.3 Å². The van der Waals surface area contributed by atoms with Crippen LogP contribution in [0.2, 0.25) is 0 Å². The molecule has 1 amide bonds. The number of nitrogens with zero attached hydrogens (tertiary/aromatic N) is 2. The molecule has 4 nitrogen and oxygen atoms in total. The molecule has 0 unspecified atom stereocenters. The summed E-state index contributed by atoms with van der Waals surface area (Å²) >= 11 is 0. The van der Waals surface area contributed by atoms with E-state index in [1.807, 2.05) is 29.2 Å². The number of ether oxygens (including phenoxy) is 1. The molecule has 3 rings (SSSR count). The van der Waals surface area contributed by atoms with Crippen molar-refractivity contribution in [3.05, 3.63) is 65.2 Å². The fourth-order valence-electron chi connectivity index (χ4n) is 3.85. The van der Waals surface area contributed by atoms with Crippen LogP contribution in [-0.4, -0.2) is 49.0 Å². The Bertz CT molecular complexity index is 768. The van der Waals surface area contributed by atoms with Gasteiger partial charge in [-0.05, 0) is 47.6 Å². The topological polar surface area (TPSA) is 32.8 Å². The Morgan fingerprint density at radius 1 is 0.931 bits per heavy atom. The van der Waals surface area contributed by atoms with Crippen molar-refractivity contribution >= 4 is 5.91 Å². The molecule has 2 aromatic carbocycles. The molecule has 0 aliphatic carbocycles. The highest BCUT2D eigenvalue weighted by atomic mass is 16.5. The summed E-state index contributed by atoms with van der Waals surface area (Å²) < 4.78 is 5.19. The number of hydrogen-bond donors (Lipinski definition) is 0. The van der Waals surface area contributed by atoms with Gasteiger partial charge < -0.3 is 9.64 Å². The Balaban J connectivity index is 1.46. The Morgan fingerprint density at radius 3 is 2.28 bits per heavy atom. The van der Waals surface area contributed by atoms with E-state index in [1.54, 1.807) is 7.11 Å². The summed E-state index contributed by atoms with van der Waals surface area (Å²) in [6.07, 6.45) is 2.40. The van der Waals surface area contributed by atoms with Gasteiger partial charge in [-0.3, -0.25) is 9.69 Å². The first-order chi connectivity index (χ1) is 14.0. The van der Waals surface area contributed by atoms with Crippen LogP contribution in [0.25, 0.3) is 0 Å². The van der Waals surface area contributed by atoms with Gasteiger partial charge in [-0.15, -0.1) is 0 Å². The Morgan fingerprint density at radius 2 is 1.62 bits per heavy atom. The van der Waals surface area contributed by atoms with Gasteiger partial charge in [-0.1, -0.05) is 50.2 Å². The van der Waals surface area contributed by atoms with Gasteiger partial charge in [0.1, 0.15) is 5.75 Å². The molecule has 0 atom stereocenters. The van der Waals surface area contributed by atoms with Crippen LogP contribution in [0.4, 0.5) is 0 Å². The van der Waals surface area contributed by atoms with E-state index >= 15 is 0 Å².